The summed E-state index contributed by atoms with van der Waals surface area (Å²) in [7, 11) is 1.92. The van der Waals surface area contributed by atoms with E-state index in [1.807, 2.05) is 60.1 Å². The minimum Gasteiger partial charge on any atom is -0.426 e. The molecule has 1 aliphatic rings. The molecule has 7 nitrogen and oxygen atoms in total. The van der Waals surface area contributed by atoms with E-state index < -0.39 is 5.66 Å². The van der Waals surface area contributed by atoms with Gasteiger partial charge in [0.15, 0.2) is 5.66 Å². The molecule has 5 N–H and O–H groups in total. The van der Waals surface area contributed by atoms with Crippen LogP contribution in [0.4, 0.5) is 0 Å². The molecule has 2 heterocycles. The average molecular weight is 334 g/mol. The Kier molecular flexibility index (Phi) is 3.43. The third kappa shape index (κ3) is 2.50. The molecule has 1 atom stereocenters. The lowest BCUT2D eigenvalue weighted by Crippen LogP contribution is -2.43. The number of para-hydroxylation sites is 2. The highest BCUT2D eigenvalue weighted by Gasteiger charge is 2.31. The number of aliphatic imine (C=N–C) groups is 1. The lowest BCUT2D eigenvalue weighted by molar-refractivity contribution is 0.427. The quantitative estimate of drug-likeness (QED) is 0.679. The van der Waals surface area contributed by atoms with Gasteiger partial charge in [-0.25, -0.2) is 4.99 Å². The summed E-state index contributed by atoms with van der Waals surface area (Å²) in [5.74, 6) is 0.659. The van der Waals surface area contributed by atoms with Crippen molar-refractivity contribution in [2.75, 3.05) is 0 Å². The van der Waals surface area contributed by atoms with Crippen molar-refractivity contribution in [1.82, 2.24) is 14.9 Å². The summed E-state index contributed by atoms with van der Waals surface area (Å²) in [6.45, 7) is 0. The second-order valence-corrected chi connectivity index (χ2v) is 5.86. The Balaban J connectivity index is 1.62. The van der Waals surface area contributed by atoms with Gasteiger partial charge < -0.3 is 15.8 Å². The van der Waals surface area contributed by atoms with Crippen molar-refractivity contribution in [2.24, 2.45) is 23.5 Å². The fourth-order valence-corrected chi connectivity index (χ4v) is 2.79. The number of hydrogen-bond acceptors (Lipinski definition) is 6. The van der Waals surface area contributed by atoms with Gasteiger partial charge in [-0.2, -0.15) is 4.98 Å². The summed E-state index contributed by atoms with van der Waals surface area (Å²) in [4.78, 5) is 8.76. The molecule has 4 rings (SSSR count). The van der Waals surface area contributed by atoms with E-state index >= 15 is 0 Å². The minimum absolute atomic E-state index is 0.444. The maximum Gasteiger partial charge on any atom is 0.302 e. The molecule has 0 bridgehead atoms. The van der Waals surface area contributed by atoms with Gasteiger partial charge in [-0.05, 0) is 24.3 Å². The molecule has 0 saturated heterocycles. The number of nitrogens with one attached hydrogen (secondary N) is 1. The zero-order valence-corrected chi connectivity index (χ0v) is 13.7. The molecular weight excluding hydrogens is 316 g/mol. The summed E-state index contributed by atoms with van der Waals surface area (Å²) in [6.07, 6.45) is 3.16. The Morgan fingerprint density at radius 1 is 1.12 bits per heavy atom. The highest BCUT2D eigenvalue weighted by molar-refractivity contribution is 5.76. The number of nitrogens with zero attached hydrogens (tertiary/aromatic N) is 3. The summed E-state index contributed by atoms with van der Waals surface area (Å²) in [5, 5.41) is 2.83. The molecule has 0 amide bonds. The molecule has 2 aromatic carbocycles. The van der Waals surface area contributed by atoms with E-state index in [1.165, 1.54) is 6.34 Å². The fraction of sp³-hybridized carbons (Fsp3) is 0.111. The van der Waals surface area contributed by atoms with Crippen molar-refractivity contribution in [2.45, 2.75) is 5.66 Å². The number of benzene rings is 2. The van der Waals surface area contributed by atoms with Gasteiger partial charge >= 0.3 is 6.01 Å². The summed E-state index contributed by atoms with van der Waals surface area (Å²) in [6, 6.07) is 15.8. The molecule has 7 heteroatoms. The summed E-state index contributed by atoms with van der Waals surface area (Å²) in [5.41, 5.74) is 14.3. The number of ether oxygens (including phenoxy) is 1. The van der Waals surface area contributed by atoms with Crippen LogP contribution in [-0.2, 0) is 12.7 Å². The normalized spacial score (nSPS) is 19.5. The van der Waals surface area contributed by atoms with Crippen LogP contribution in [0.2, 0.25) is 0 Å². The number of aryl methyl sites for hydroxylation is 1. The topological polar surface area (TPSA) is 103 Å². The van der Waals surface area contributed by atoms with Crippen LogP contribution in [0.3, 0.4) is 0 Å². The Labute approximate surface area is 144 Å². The van der Waals surface area contributed by atoms with E-state index in [0.29, 0.717) is 17.5 Å². The van der Waals surface area contributed by atoms with Crippen LogP contribution in [0.15, 0.2) is 65.4 Å². The Morgan fingerprint density at radius 3 is 2.60 bits per heavy atom. The van der Waals surface area contributed by atoms with Crippen LogP contribution < -0.4 is 21.5 Å². The maximum atomic E-state index is 6.31. The van der Waals surface area contributed by atoms with Gasteiger partial charge in [-0.15, -0.1) is 0 Å². The molecule has 1 aromatic heterocycles. The molecule has 0 fully saturated rings. The molecule has 1 unspecified atom stereocenters. The number of fused-ring (bicyclic) bond motifs is 1. The zero-order chi connectivity index (χ0) is 17.4. The predicted octanol–water partition coefficient (Wildman–Crippen LogP) is 1.91. The number of hydrogen-bond donors (Lipinski definition) is 3. The number of aromatic nitrogens is 2. The molecule has 1 aliphatic heterocycles. The number of imidazole rings is 1. The first-order valence-corrected chi connectivity index (χ1v) is 7.82. The molecule has 3 aromatic rings. The average Bonchev–Trinajstić information content (AvgIpc) is 2.94. The Hall–Kier alpha value is -3.32. The van der Waals surface area contributed by atoms with Crippen molar-refractivity contribution in [3.63, 3.8) is 0 Å². The molecular formula is C18H18N6O. The van der Waals surface area contributed by atoms with Gasteiger partial charge in [-0.1, -0.05) is 24.3 Å². The van der Waals surface area contributed by atoms with Crippen LogP contribution in [0.1, 0.15) is 5.56 Å². The summed E-state index contributed by atoms with van der Waals surface area (Å²) < 4.78 is 7.82. The Morgan fingerprint density at radius 2 is 1.88 bits per heavy atom. The first kappa shape index (κ1) is 15.2. The molecule has 0 spiro atoms. The van der Waals surface area contributed by atoms with Crippen LogP contribution in [0, 0.1) is 0 Å². The van der Waals surface area contributed by atoms with Gasteiger partial charge in [0.05, 0.1) is 23.1 Å². The molecule has 25 heavy (non-hydrogen) atoms. The third-order valence-electron chi connectivity index (χ3n) is 4.27. The van der Waals surface area contributed by atoms with Gasteiger partial charge in [0, 0.05) is 18.8 Å². The van der Waals surface area contributed by atoms with Gasteiger partial charge in [-0.3, -0.25) is 10.3 Å². The highest BCUT2D eigenvalue weighted by Crippen LogP contribution is 2.30. The van der Waals surface area contributed by atoms with Gasteiger partial charge in [0.2, 0.25) is 0 Å². The van der Waals surface area contributed by atoms with Crippen molar-refractivity contribution < 1.29 is 4.74 Å². The lowest BCUT2D eigenvalue weighted by atomic mass is 9.97. The highest BCUT2D eigenvalue weighted by atomic mass is 16.5. The molecule has 0 saturated carbocycles. The van der Waals surface area contributed by atoms with Gasteiger partial charge in [0.25, 0.3) is 0 Å². The first-order valence-electron chi connectivity index (χ1n) is 7.82. The first-order chi connectivity index (χ1) is 12.1. The smallest absolute Gasteiger partial charge is 0.302 e. The molecule has 0 aliphatic carbocycles. The summed E-state index contributed by atoms with van der Waals surface area (Å²) >= 11 is 0. The second-order valence-electron chi connectivity index (χ2n) is 5.86. The van der Waals surface area contributed by atoms with E-state index in [9.17, 15) is 0 Å². The van der Waals surface area contributed by atoms with E-state index in [2.05, 4.69) is 15.3 Å². The Bertz CT molecular complexity index is 988. The van der Waals surface area contributed by atoms with Gasteiger partial charge in [0.1, 0.15) is 5.75 Å². The molecule has 126 valence electrons. The van der Waals surface area contributed by atoms with E-state index in [0.717, 1.165) is 16.6 Å². The second kappa shape index (κ2) is 5.64. The molecule has 0 radical (unpaired) electrons. The monoisotopic (exact) mass is 334 g/mol. The zero-order valence-electron chi connectivity index (χ0n) is 13.7. The van der Waals surface area contributed by atoms with Crippen LogP contribution in [0.5, 0.6) is 11.8 Å². The predicted molar refractivity (Wildman–Crippen MR) is 97.0 cm³/mol. The van der Waals surface area contributed by atoms with Crippen LogP contribution >= 0.6 is 0 Å². The van der Waals surface area contributed by atoms with Crippen molar-refractivity contribution in [3.05, 3.63) is 66.0 Å². The number of nitrogens with two attached hydrogens (primary N) is 2. The van der Waals surface area contributed by atoms with E-state index in [-0.39, 0.29) is 0 Å². The third-order valence-corrected chi connectivity index (χ3v) is 4.27. The van der Waals surface area contributed by atoms with Crippen molar-refractivity contribution >= 4 is 17.4 Å². The standard InChI is InChI=1S/C18H18N6O/c1-24-15-5-3-2-4-14(15)23-17(24)25-13-8-6-12(7-9-13)18(20)16(19)10-21-11-22-18/h2-11H,19-20H2,1H3,(H,21,22). The lowest BCUT2D eigenvalue weighted by Gasteiger charge is -2.28. The SMILES string of the molecule is Cn1c(Oc2ccc(C3(N)N=CNC=C3N)cc2)nc2ccccc21. The van der Waals surface area contributed by atoms with Crippen molar-refractivity contribution in [3.8, 4) is 11.8 Å². The largest absolute Gasteiger partial charge is 0.426 e. The number of rotatable bonds is 3. The van der Waals surface area contributed by atoms with E-state index in [4.69, 9.17) is 16.2 Å². The van der Waals surface area contributed by atoms with Crippen LogP contribution in [0.25, 0.3) is 11.0 Å². The fourth-order valence-electron chi connectivity index (χ4n) is 2.79. The minimum atomic E-state index is -1.07. The maximum absolute atomic E-state index is 6.31. The van der Waals surface area contributed by atoms with E-state index in [1.54, 1.807) is 6.20 Å². The van der Waals surface area contributed by atoms with Crippen LogP contribution in [-0.4, -0.2) is 15.9 Å². The van der Waals surface area contributed by atoms with Crippen molar-refractivity contribution in [1.29, 1.82) is 0 Å².